The van der Waals surface area contributed by atoms with Gasteiger partial charge in [0, 0.05) is 42.8 Å². The Morgan fingerprint density at radius 1 is 1.17 bits per heavy atom. The van der Waals surface area contributed by atoms with Gasteiger partial charge in [0.2, 0.25) is 0 Å². The summed E-state index contributed by atoms with van der Waals surface area (Å²) in [5, 5.41) is 38.0. The zero-order chi connectivity index (χ0) is 24.8. The Morgan fingerprint density at radius 3 is 2.57 bits per heavy atom. The van der Waals surface area contributed by atoms with Crippen LogP contribution in [-0.2, 0) is 16.6 Å². The lowest BCUT2D eigenvalue weighted by atomic mass is 9.33. The van der Waals surface area contributed by atoms with Crippen LogP contribution in [0.5, 0.6) is 11.5 Å². The number of aliphatic hydroxyl groups is 1. The Morgan fingerprint density at radius 2 is 1.91 bits per heavy atom. The third-order valence-corrected chi connectivity index (χ3v) is 12.1. The van der Waals surface area contributed by atoms with Crippen molar-refractivity contribution in [1.82, 2.24) is 0 Å². The minimum atomic E-state index is -1.01. The third kappa shape index (κ3) is 2.38. The van der Waals surface area contributed by atoms with Gasteiger partial charge in [-0.3, -0.25) is 0 Å². The number of quaternary nitrogens is 1. The van der Waals surface area contributed by atoms with Gasteiger partial charge in [-0.15, -0.1) is 0 Å². The summed E-state index contributed by atoms with van der Waals surface area (Å²) in [6.07, 6.45) is 6.03. The molecule has 5 fully saturated rings. The average molecular weight is 484 g/mol. The molecule has 0 aromatic heterocycles. The van der Waals surface area contributed by atoms with Crippen molar-refractivity contribution in [1.29, 1.82) is 0 Å². The summed E-state index contributed by atoms with van der Waals surface area (Å²) in [6, 6.07) is 3.75. The second kappa shape index (κ2) is 6.38. The molecule has 0 radical (unpaired) electrons. The van der Waals surface area contributed by atoms with E-state index in [1.807, 2.05) is 13.0 Å². The molecule has 192 valence electrons. The van der Waals surface area contributed by atoms with Crippen LogP contribution in [0.2, 0.25) is 0 Å². The summed E-state index contributed by atoms with van der Waals surface area (Å²) in [6.45, 7) is 9.60. The minimum Gasteiger partial charge on any atom is -0.633 e. The van der Waals surface area contributed by atoms with Gasteiger partial charge in [0.1, 0.15) is 11.7 Å². The molecule has 35 heavy (non-hydrogen) atoms. The van der Waals surface area contributed by atoms with E-state index in [0.29, 0.717) is 18.2 Å². The van der Waals surface area contributed by atoms with Crippen molar-refractivity contribution >= 4 is 0 Å². The largest absolute Gasteiger partial charge is 0.633 e. The van der Waals surface area contributed by atoms with E-state index in [9.17, 15) is 15.4 Å². The van der Waals surface area contributed by atoms with Gasteiger partial charge in [0.05, 0.1) is 30.1 Å². The average Bonchev–Trinajstić information content (AvgIpc) is 3.52. The Labute approximate surface area is 208 Å². The minimum absolute atomic E-state index is 0.0423. The zero-order valence-electron chi connectivity index (χ0n) is 21.9. The molecule has 1 saturated heterocycles. The summed E-state index contributed by atoms with van der Waals surface area (Å²) in [7, 11) is 1.78. The first-order valence-corrected chi connectivity index (χ1v) is 13.7. The van der Waals surface area contributed by atoms with Crippen LogP contribution in [0.25, 0.3) is 0 Å². The fourth-order valence-electron chi connectivity index (χ4n) is 9.87. The molecule has 2 N–H and O–H groups in total. The van der Waals surface area contributed by atoms with Crippen LogP contribution in [0.3, 0.4) is 0 Å². The maximum absolute atomic E-state index is 14.8. The lowest BCUT2D eigenvalue weighted by molar-refractivity contribution is -0.926. The molecule has 2 heterocycles. The first-order valence-electron chi connectivity index (χ1n) is 13.7. The van der Waals surface area contributed by atoms with Gasteiger partial charge in [0.25, 0.3) is 0 Å². The SMILES string of the molecule is CO[C@]12CC[C@@]3(C[C@@H]1C(C)(O)C(C)(C)C)[C@H]1Cc4ccc(O)c5c4[C@@]3(CC[N@+]1([O-])CC1CC1)[C@H]2O5. The van der Waals surface area contributed by atoms with Crippen LogP contribution in [-0.4, -0.2) is 58.4 Å². The number of benzene rings is 1. The summed E-state index contributed by atoms with van der Waals surface area (Å²) >= 11 is 0. The van der Waals surface area contributed by atoms with Gasteiger partial charge in [-0.05, 0) is 56.1 Å². The number of phenolic OH excluding ortho intramolecular Hbond substituents is 1. The van der Waals surface area contributed by atoms with Gasteiger partial charge < -0.3 is 29.5 Å². The fraction of sp³-hybridized carbons (Fsp3) is 0.793. The number of fused-ring (bicyclic) bond motifs is 2. The van der Waals surface area contributed by atoms with Gasteiger partial charge in [0.15, 0.2) is 11.5 Å². The number of aromatic hydroxyl groups is 1. The quantitative estimate of drug-likeness (QED) is 0.489. The second-order valence-corrected chi connectivity index (χ2v) is 14.2. The lowest BCUT2D eigenvalue weighted by Gasteiger charge is -2.77. The number of likely N-dealkylation sites (tertiary alicyclic amines) is 1. The monoisotopic (exact) mass is 483 g/mol. The summed E-state index contributed by atoms with van der Waals surface area (Å²) in [5.41, 5.74) is -0.317. The molecule has 0 amide bonds. The summed E-state index contributed by atoms with van der Waals surface area (Å²) in [5.74, 6) is 1.20. The number of ether oxygens (including phenoxy) is 2. The van der Waals surface area contributed by atoms with E-state index in [1.165, 1.54) is 18.4 Å². The molecule has 1 aromatic carbocycles. The first kappa shape index (κ1) is 22.8. The topological polar surface area (TPSA) is 82.0 Å². The molecule has 2 aliphatic heterocycles. The lowest BCUT2D eigenvalue weighted by Crippen LogP contribution is -2.85. The molecule has 4 saturated carbocycles. The number of hydroxylamine groups is 3. The standard InChI is InChI=1S/C29H41NO5/c1-25(2,3)26(4,32)20-15-27-10-11-29(20,34-5)24-28(27)12-13-30(33,16-17-6-7-17)21(27)14-18-8-9-19(31)23(35-24)22(18)28/h8-9,17,20-21,24,31-32H,6-7,10-16H2,1-5H3/t20-,21-,24-,26?,27-,28+,29-,30+/m1/s1. The van der Waals surface area contributed by atoms with Gasteiger partial charge in [-0.1, -0.05) is 26.8 Å². The van der Waals surface area contributed by atoms with Crippen molar-refractivity contribution in [2.24, 2.45) is 22.7 Å². The van der Waals surface area contributed by atoms with E-state index in [4.69, 9.17) is 9.47 Å². The Kier molecular flexibility index (Phi) is 4.16. The van der Waals surface area contributed by atoms with E-state index >= 15 is 0 Å². The number of methoxy groups -OCH3 is 1. The molecule has 6 nitrogen and oxygen atoms in total. The van der Waals surface area contributed by atoms with Crippen molar-refractivity contribution in [3.8, 4) is 11.5 Å². The molecule has 8 atom stereocenters. The molecule has 8 rings (SSSR count). The molecule has 7 aliphatic rings. The number of rotatable bonds is 4. The molecule has 4 bridgehead atoms. The normalized spacial score (nSPS) is 46.7. The molecular formula is C29H41NO5. The number of hydrogen-bond donors (Lipinski definition) is 2. The van der Waals surface area contributed by atoms with E-state index < -0.39 is 11.2 Å². The number of phenols is 1. The molecule has 1 unspecified atom stereocenters. The van der Waals surface area contributed by atoms with Crippen LogP contribution in [0.15, 0.2) is 12.1 Å². The van der Waals surface area contributed by atoms with Crippen LogP contribution in [0.1, 0.15) is 77.3 Å². The van der Waals surface area contributed by atoms with Crippen LogP contribution >= 0.6 is 0 Å². The van der Waals surface area contributed by atoms with E-state index in [0.717, 1.165) is 44.2 Å². The van der Waals surface area contributed by atoms with Gasteiger partial charge in [-0.2, -0.15) is 0 Å². The predicted molar refractivity (Wildman–Crippen MR) is 132 cm³/mol. The van der Waals surface area contributed by atoms with E-state index in [2.05, 4.69) is 20.8 Å². The second-order valence-electron chi connectivity index (χ2n) is 14.2. The van der Waals surface area contributed by atoms with Crippen molar-refractivity contribution in [3.05, 3.63) is 28.5 Å². The van der Waals surface area contributed by atoms with Crippen molar-refractivity contribution in [2.75, 3.05) is 20.2 Å². The smallest absolute Gasteiger partial charge is 0.165 e. The molecule has 5 aliphatic carbocycles. The first-order chi connectivity index (χ1) is 16.4. The highest BCUT2D eigenvalue weighted by molar-refractivity contribution is 5.63. The maximum Gasteiger partial charge on any atom is 0.165 e. The predicted octanol–water partition coefficient (Wildman–Crippen LogP) is 4.43. The molecule has 6 heteroatoms. The van der Waals surface area contributed by atoms with Gasteiger partial charge >= 0.3 is 0 Å². The Balaban J connectivity index is 1.50. The Hall–Kier alpha value is -1.34. The highest BCUT2D eigenvalue weighted by atomic mass is 16.6. The summed E-state index contributed by atoms with van der Waals surface area (Å²) in [4.78, 5) is 0. The van der Waals surface area contributed by atoms with E-state index in [-0.39, 0.29) is 44.7 Å². The van der Waals surface area contributed by atoms with Crippen molar-refractivity contribution in [3.63, 3.8) is 0 Å². The van der Waals surface area contributed by atoms with Crippen molar-refractivity contribution in [2.45, 2.75) is 101 Å². The van der Waals surface area contributed by atoms with Crippen LogP contribution in [0.4, 0.5) is 0 Å². The number of piperidine rings is 1. The van der Waals surface area contributed by atoms with Crippen LogP contribution in [0, 0.1) is 27.9 Å². The maximum atomic E-state index is 14.8. The highest BCUT2D eigenvalue weighted by Gasteiger charge is 2.84. The van der Waals surface area contributed by atoms with E-state index in [1.54, 1.807) is 13.2 Å². The van der Waals surface area contributed by atoms with Crippen molar-refractivity contribution < 1.29 is 24.3 Å². The number of hydrogen-bond acceptors (Lipinski definition) is 5. The zero-order valence-corrected chi connectivity index (χ0v) is 21.9. The van der Waals surface area contributed by atoms with Crippen LogP contribution < -0.4 is 4.74 Å². The van der Waals surface area contributed by atoms with Gasteiger partial charge in [-0.25, -0.2) is 0 Å². The Bertz CT molecular complexity index is 1110. The highest BCUT2D eigenvalue weighted by Crippen LogP contribution is 2.78. The molecular weight excluding hydrogens is 442 g/mol. The number of nitrogens with zero attached hydrogens (tertiary/aromatic N) is 1. The fourth-order valence-corrected chi connectivity index (χ4v) is 9.87. The molecule has 2 spiro atoms. The molecule has 1 aromatic rings. The summed E-state index contributed by atoms with van der Waals surface area (Å²) < 4.78 is 13.3. The third-order valence-electron chi connectivity index (χ3n) is 12.1.